The molecule has 0 spiro atoms. The molecule has 13 heavy (non-hydrogen) atoms. The molecule has 0 aromatic carbocycles. The third-order valence-electron chi connectivity index (χ3n) is 2.01. The second-order valence-corrected chi connectivity index (χ2v) is 3.44. The lowest BCUT2D eigenvalue weighted by atomic mass is 10.3. The molecule has 0 bridgehead atoms. The first-order valence-electron chi connectivity index (χ1n) is 5.15. The Labute approximate surface area is 81.7 Å². The lowest BCUT2D eigenvalue weighted by molar-refractivity contribution is 0.0206. The number of hydrogen-bond acceptors (Lipinski definition) is 3. The smallest absolute Gasteiger partial charge is 0.0900 e. The second-order valence-electron chi connectivity index (χ2n) is 3.44. The molecule has 80 valence electrons. The Kier molecular flexibility index (Phi) is 8.40. The van der Waals surface area contributed by atoms with E-state index in [1.807, 2.05) is 7.05 Å². The molecule has 0 aromatic rings. The molecule has 3 heteroatoms. The molecule has 0 aromatic heterocycles. The summed E-state index contributed by atoms with van der Waals surface area (Å²) >= 11 is 0. The van der Waals surface area contributed by atoms with Gasteiger partial charge in [-0.1, -0.05) is 20.3 Å². The molecular formula is C10H23NO2. The summed E-state index contributed by atoms with van der Waals surface area (Å²) in [6, 6.07) is 0. The molecule has 0 saturated heterocycles. The molecule has 1 unspecified atom stereocenters. The van der Waals surface area contributed by atoms with Gasteiger partial charge in [-0.2, -0.15) is 0 Å². The normalized spacial score (nSPS) is 13.6. The lowest BCUT2D eigenvalue weighted by Gasteiger charge is -2.18. The largest absolute Gasteiger partial charge is 0.389 e. The van der Waals surface area contributed by atoms with E-state index in [9.17, 15) is 5.11 Å². The molecular weight excluding hydrogens is 166 g/mol. The van der Waals surface area contributed by atoms with Crippen LogP contribution in [0, 0.1) is 0 Å². The fourth-order valence-corrected chi connectivity index (χ4v) is 1.01. The maximum atomic E-state index is 9.48. The van der Waals surface area contributed by atoms with Crippen molar-refractivity contribution in [1.82, 2.24) is 4.90 Å². The van der Waals surface area contributed by atoms with Gasteiger partial charge in [0.1, 0.15) is 0 Å². The van der Waals surface area contributed by atoms with Crippen molar-refractivity contribution < 1.29 is 9.84 Å². The summed E-state index contributed by atoms with van der Waals surface area (Å²) in [7, 11) is 2.00. The van der Waals surface area contributed by atoms with Crippen molar-refractivity contribution in [3.05, 3.63) is 0 Å². The fourth-order valence-electron chi connectivity index (χ4n) is 1.01. The number of aliphatic hydroxyl groups is 1. The highest BCUT2D eigenvalue weighted by Gasteiger charge is 2.06. The average Bonchev–Trinajstić information content (AvgIpc) is 2.12. The zero-order valence-electron chi connectivity index (χ0n) is 9.12. The number of likely N-dealkylation sites (N-methyl/N-ethyl adjacent to an activating group) is 1. The number of rotatable bonds is 8. The van der Waals surface area contributed by atoms with Crippen molar-refractivity contribution in [3.8, 4) is 0 Å². The van der Waals surface area contributed by atoms with E-state index in [0.717, 1.165) is 26.0 Å². The van der Waals surface area contributed by atoms with Crippen LogP contribution in [0.5, 0.6) is 0 Å². The van der Waals surface area contributed by atoms with Crippen molar-refractivity contribution in [3.63, 3.8) is 0 Å². The minimum absolute atomic E-state index is 0.346. The van der Waals surface area contributed by atoms with Gasteiger partial charge in [0, 0.05) is 13.2 Å². The average molecular weight is 189 g/mol. The summed E-state index contributed by atoms with van der Waals surface area (Å²) in [5, 5.41) is 9.48. The highest BCUT2D eigenvalue weighted by molar-refractivity contribution is 4.58. The molecule has 1 atom stereocenters. The Morgan fingerprint density at radius 2 is 2.08 bits per heavy atom. The molecule has 0 amide bonds. The first kappa shape index (κ1) is 12.9. The van der Waals surface area contributed by atoms with E-state index in [-0.39, 0.29) is 6.10 Å². The predicted octanol–water partition coefficient (Wildman–Crippen LogP) is 1.12. The quantitative estimate of drug-likeness (QED) is 0.581. The molecule has 0 aliphatic rings. The van der Waals surface area contributed by atoms with Crippen molar-refractivity contribution >= 4 is 0 Å². The van der Waals surface area contributed by atoms with E-state index < -0.39 is 0 Å². The van der Waals surface area contributed by atoms with E-state index in [4.69, 9.17) is 4.74 Å². The minimum Gasteiger partial charge on any atom is -0.389 e. The summed E-state index contributed by atoms with van der Waals surface area (Å²) < 4.78 is 5.30. The number of aliphatic hydroxyl groups excluding tert-OH is 1. The van der Waals surface area contributed by atoms with Gasteiger partial charge in [0.2, 0.25) is 0 Å². The zero-order valence-corrected chi connectivity index (χ0v) is 9.12. The number of ether oxygens (including phenoxy) is 1. The highest BCUT2D eigenvalue weighted by atomic mass is 16.5. The molecule has 0 heterocycles. The first-order chi connectivity index (χ1) is 6.20. The van der Waals surface area contributed by atoms with Gasteiger partial charge in [0.05, 0.1) is 12.7 Å². The van der Waals surface area contributed by atoms with E-state index in [0.29, 0.717) is 13.2 Å². The molecule has 0 aliphatic heterocycles. The molecule has 1 N–H and O–H groups in total. The second kappa shape index (κ2) is 8.48. The maximum Gasteiger partial charge on any atom is 0.0900 e. The Balaban J connectivity index is 3.24. The van der Waals surface area contributed by atoms with Crippen molar-refractivity contribution in [2.45, 2.75) is 32.8 Å². The molecule has 0 fully saturated rings. The van der Waals surface area contributed by atoms with Crippen LogP contribution < -0.4 is 0 Å². The summed E-state index contributed by atoms with van der Waals surface area (Å²) in [6.07, 6.45) is 1.88. The van der Waals surface area contributed by atoms with Gasteiger partial charge in [-0.15, -0.1) is 0 Å². The van der Waals surface area contributed by atoms with E-state index in [2.05, 4.69) is 18.7 Å². The van der Waals surface area contributed by atoms with Crippen LogP contribution in [0.25, 0.3) is 0 Å². The van der Waals surface area contributed by atoms with E-state index >= 15 is 0 Å². The van der Waals surface area contributed by atoms with Crippen LogP contribution in [-0.2, 0) is 4.74 Å². The van der Waals surface area contributed by atoms with Crippen LogP contribution in [0.15, 0.2) is 0 Å². The van der Waals surface area contributed by atoms with Crippen LogP contribution in [0.3, 0.4) is 0 Å². The van der Waals surface area contributed by atoms with Crippen LogP contribution in [0.1, 0.15) is 26.7 Å². The number of unbranched alkanes of at least 4 members (excludes halogenated alkanes) is 1. The molecule has 0 saturated carbocycles. The summed E-state index contributed by atoms with van der Waals surface area (Å²) in [4.78, 5) is 2.08. The van der Waals surface area contributed by atoms with Crippen LogP contribution in [-0.4, -0.2) is 49.5 Å². The van der Waals surface area contributed by atoms with Gasteiger partial charge < -0.3 is 14.7 Å². The molecule has 0 radical (unpaired) electrons. The number of hydrogen-bond donors (Lipinski definition) is 1. The van der Waals surface area contributed by atoms with Gasteiger partial charge in [-0.3, -0.25) is 0 Å². The van der Waals surface area contributed by atoms with Gasteiger partial charge in [-0.05, 0) is 20.0 Å². The fraction of sp³-hybridized carbons (Fsp3) is 1.00. The van der Waals surface area contributed by atoms with Crippen LogP contribution in [0.4, 0.5) is 0 Å². The van der Waals surface area contributed by atoms with Crippen LogP contribution in [0.2, 0.25) is 0 Å². The molecule has 0 rings (SSSR count). The van der Waals surface area contributed by atoms with Gasteiger partial charge >= 0.3 is 0 Å². The van der Waals surface area contributed by atoms with Gasteiger partial charge in [-0.25, -0.2) is 0 Å². The number of nitrogens with zero attached hydrogens (tertiary/aromatic N) is 1. The first-order valence-corrected chi connectivity index (χ1v) is 5.15. The summed E-state index contributed by atoms with van der Waals surface area (Å²) in [5.41, 5.74) is 0. The third kappa shape index (κ3) is 8.22. The van der Waals surface area contributed by atoms with Gasteiger partial charge in [0.25, 0.3) is 0 Å². The van der Waals surface area contributed by atoms with E-state index in [1.165, 1.54) is 0 Å². The zero-order chi connectivity index (χ0) is 10.1. The van der Waals surface area contributed by atoms with Crippen molar-refractivity contribution in [2.24, 2.45) is 0 Å². The monoisotopic (exact) mass is 189 g/mol. The Morgan fingerprint density at radius 3 is 2.62 bits per heavy atom. The van der Waals surface area contributed by atoms with Crippen molar-refractivity contribution in [2.75, 3.05) is 33.4 Å². The minimum atomic E-state index is -0.346. The predicted molar refractivity (Wildman–Crippen MR) is 54.9 cm³/mol. The maximum absolute atomic E-state index is 9.48. The van der Waals surface area contributed by atoms with Crippen molar-refractivity contribution in [1.29, 1.82) is 0 Å². The van der Waals surface area contributed by atoms with E-state index in [1.54, 1.807) is 0 Å². The topological polar surface area (TPSA) is 32.7 Å². The summed E-state index contributed by atoms with van der Waals surface area (Å²) in [6.45, 7) is 7.09. The Hall–Kier alpha value is -0.120. The Morgan fingerprint density at radius 1 is 1.38 bits per heavy atom. The SMILES string of the molecule is CCCCOCC(O)CN(C)CC. The summed E-state index contributed by atoms with van der Waals surface area (Å²) in [5.74, 6) is 0. The lowest BCUT2D eigenvalue weighted by Crippen LogP contribution is -2.32. The molecule has 0 aliphatic carbocycles. The Bertz CT molecular complexity index is 109. The standard InChI is InChI=1S/C10H23NO2/c1-4-6-7-13-9-10(12)8-11(3)5-2/h10,12H,4-9H2,1-3H3. The van der Waals surface area contributed by atoms with Crippen LogP contribution >= 0.6 is 0 Å². The van der Waals surface area contributed by atoms with Gasteiger partial charge in [0.15, 0.2) is 0 Å². The third-order valence-corrected chi connectivity index (χ3v) is 2.01. The molecule has 3 nitrogen and oxygen atoms in total. The highest BCUT2D eigenvalue weighted by Crippen LogP contribution is 1.93.